The number of amides is 1. The molecule has 1 aliphatic heterocycles. The molecule has 0 radical (unpaired) electrons. The topological polar surface area (TPSA) is 80.5 Å². The SMILES string of the molecule is CC(C)Nc1nc(N)c(C(=O)N(C)CC2CCCO2)s1. The Morgan fingerprint density at radius 2 is 2.40 bits per heavy atom. The van der Waals surface area contributed by atoms with Crippen LogP contribution in [-0.2, 0) is 4.74 Å². The number of ether oxygens (including phenoxy) is 1. The van der Waals surface area contributed by atoms with Crippen molar-refractivity contribution in [2.45, 2.75) is 38.8 Å². The van der Waals surface area contributed by atoms with E-state index in [1.54, 1.807) is 11.9 Å². The number of carbonyl (C=O) groups is 1. The molecule has 1 aromatic heterocycles. The van der Waals surface area contributed by atoms with Crippen LogP contribution in [-0.4, -0.2) is 48.1 Å². The highest BCUT2D eigenvalue weighted by atomic mass is 32.1. The molecule has 3 N–H and O–H groups in total. The lowest BCUT2D eigenvalue weighted by molar-refractivity contribution is 0.0591. The van der Waals surface area contributed by atoms with E-state index in [0.717, 1.165) is 19.4 Å². The lowest BCUT2D eigenvalue weighted by atomic mass is 10.2. The highest BCUT2D eigenvalue weighted by Crippen LogP contribution is 2.27. The van der Waals surface area contributed by atoms with E-state index < -0.39 is 0 Å². The van der Waals surface area contributed by atoms with Crippen LogP contribution in [0, 0.1) is 0 Å². The first-order valence-corrected chi connectivity index (χ1v) is 7.69. The molecule has 2 rings (SSSR count). The molecule has 6 nitrogen and oxygen atoms in total. The Bertz CT molecular complexity index is 469. The molecule has 1 atom stereocenters. The van der Waals surface area contributed by atoms with Gasteiger partial charge in [-0.1, -0.05) is 11.3 Å². The van der Waals surface area contributed by atoms with Crippen LogP contribution in [0.25, 0.3) is 0 Å². The number of nitrogens with zero attached hydrogens (tertiary/aromatic N) is 2. The van der Waals surface area contributed by atoms with E-state index in [2.05, 4.69) is 10.3 Å². The first kappa shape index (κ1) is 15.1. The van der Waals surface area contributed by atoms with Crippen molar-refractivity contribution in [3.05, 3.63) is 4.88 Å². The van der Waals surface area contributed by atoms with E-state index in [4.69, 9.17) is 10.5 Å². The molecular formula is C13H22N4O2S. The second-order valence-corrected chi connectivity index (χ2v) is 6.35. The van der Waals surface area contributed by atoms with Gasteiger partial charge in [-0.2, -0.15) is 0 Å². The van der Waals surface area contributed by atoms with Crippen LogP contribution < -0.4 is 11.1 Å². The van der Waals surface area contributed by atoms with Crippen LogP contribution in [0.1, 0.15) is 36.4 Å². The van der Waals surface area contributed by atoms with Crippen molar-refractivity contribution in [1.82, 2.24) is 9.88 Å². The predicted molar refractivity (Wildman–Crippen MR) is 81.2 cm³/mol. The van der Waals surface area contributed by atoms with Gasteiger partial charge in [0.15, 0.2) is 5.13 Å². The molecule has 0 aromatic carbocycles. The fourth-order valence-electron chi connectivity index (χ4n) is 2.14. The first-order chi connectivity index (χ1) is 9.47. The van der Waals surface area contributed by atoms with E-state index in [1.807, 2.05) is 13.8 Å². The fraction of sp³-hybridized carbons (Fsp3) is 0.692. The Morgan fingerprint density at radius 3 is 3.00 bits per heavy atom. The molecule has 0 bridgehead atoms. The number of hydrogen-bond acceptors (Lipinski definition) is 6. The standard InChI is InChI=1S/C13H22N4O2S/c1-8(2)15-13-16-11(14)10(20-13)12(18)17(3)7-9-5-4-6-19-9/h8-9H,4-7,14H2,1-3H3,(H,15,16). The van der Waals surface area contributed by atoms with Crippen molar-refractivity contribution in [1.29, 1.82) is 0 Å². The summed E-state index contributed by atoms with van der Waals surface area (Å²) < 4.78 is 5.55. The highest BCUT2D eigenvalue weighted by Gasteiger charge is 2.24. The minimum atomic E-state index is -0.0905. The van der Waals surface area contributed by atoms with Crippen molar-refractivity contribution in [3.8, 4) is 0 Å². The quantitative estimate of drug-likeness (QED) is 0.866. The minimum absolute atomic E-state index is 0.0905. The third-order valence-corrected chi connectivity index (χ3v) is 4.10. The first-order valence-electron chi connectivity index (χ1n) is 6.87. The third-order valence-electron chi connectivity index (χ3n) is 3.11. The molecule has 0 saturated carbocycles. The number of thiazole rings is 1. The maximum Gasteiger partial charge on any atom is 0.267 e. The lowest BCUT2D eigenvalue weighted by Crippen LogP contribution is -2.34. The zero-order valence-electron chi connectivity index (χ0n) is 12.2. The largest absolute Gasteiger partial charge is 0.382 e. The van der Waals surface area contributed by atoms with E-state index in [-0.39, 0.29) is 18.1 Å². The van der Waals surface area contributed by atoms with Crippen LogP contribution in [0.3, 0.4) is 0 Å². The number of rotatable bonds is 5. The number of nitrogens with two attached hydrogens (primary N) is 1. The maximum atomic E-state index is 12.4. The number of nitrogen functional groups attached to an aromatic ring is 1. The van der Waals surface area contributed by atoms with Gasteiger partial charge < -0.3 is 20.7 Å². The summed E-state index contributed by atoms with van der Waals surface area (Å²) in [6, 6.07) is 0.258. The van der Waals surface area contributed by atoms with Crippen molar-refractivity contribution < 1.29 is 9.53 Å². The summed E-state index contributed by atoms with van der Waals surface area (Å²) in [5, 5.41) is 3.85. The third kappa shape index (κ3) is 3.61. The van der Waals surface area contributed by atoms with Crippen LogP contribution in [0.15, 0.2) is 0 Å². The zero-order chi connectivity index (χ0) is 14.7. The van der Waals surface area contributed by atoms with Gasteiger partial charge in [0, 0.05) is 26.2 Å². The molecule has 1 unspecified atom stereocenters. The molecular weight excluding hydrogens is 276 g/mol. The van der Waals surface area contributed by atoms with E-state index in [9.17, 15) is 4.79 Å². The van der Waals surface area contributed by atoms with Gasteiger partial charge in [-0.25, -0.2) is 4.98 Å². The number of aromatic nitrogens is 1. The van der Waals surface area contributed by atoms with Crippen molar-refractivity contribution in [2.75, 3.05) is 31.2 Å². The van der Waals surface area contributed by atoms with Gasteiger partial charge in [-0.3, -0.25) is 4.79 Å². The molecule has 1 amide bonds. The number of nitrogens with one attached hydrogen (secondary N) is 1. The Balaban J connectivity index is 2.01. The van der Waals surface area contributed by atoms with E-state index in [1.165, 1.54) is 11.3 Å². The average Bonchev–Trinajstić information content (AvgIpc) is 2.97. The second kappa shape index (κ2) is 6.41. The number of hydrogen-bond donors (Lipinski definition) is 2. The normalized spacial score (nSPS) is 18.5. The van der Waals surface area contributed by atoms with Crippen molar-refractivity contribution >= 4 is 28.2 Å². The van der Waals surface area contributed by atoms with Gasteiger partial charge in [-0.15, -0.1) is 0 Å². The molecule has 112 valence electrons. The fourth-order valence-corrected chi connectivity index (χ4v) is 3.17. The zero-order valence-corrected chi connectivity index (χ0v) is 13.0. The second-order valence-electron chi connectivity index (χ2n) is 5.35. The van der Waals surface area contributed by atoms with Crippen LogP contribution in [0.4, 0.5) is 10.9 Å². The summed E-state index contributed by atoms with van der Waals surface area (Å²) in [6.45, 7) is 5.42. The Kier molecular flexibility index (Phi) is 4.82. The molecule has 1 saturated heterocycles. The summed E-state index contributed by atoms with van der Waals surface area (Å²) in [7, 11) is 1.78. The van der Waals surface area contributed by atoms with E-state index >= 15 is 0 Å². The summed E-state index contributed by atoms with van der Waals surface area (Å²) in [4.78, 5) is 18.7. The molecule has 20 heavy (non-hydrogen) atoms. The van der Waals surface area contributed by atoms with Crippen molar-refractivity contribution in [2.24, 2.45) is 0 Å². The Hall–Kier alpha value is -1.34. The van der Waals surface area contributed by atoms with Crippen molar-refractivity contribution in [3.63, 3.8) is 0 Å². The minimum Gasteiger partial charge on any atom is -0.382 e. The Labute approximate surface area is 123 Å². The van der Waals surface area contributed by atoms with Crippen LogP contribution >= 0.6 is 11.3 Å². The number of anilines is 2. The van der Waals surface area contributed by atoms with Crippen LogP contribution in [0.2, 0.25) is 0 Å². The number of carbonyl (C=O) groups excluding carboxylic acids is 1. The van der Waals surface area contributed by atoms with Crippen LogP contribution in [0.5, 0.6) is 0 Å². The number of likely N-dealkylation sites (N-methyl/N-ethyl adjacent to an activating group) is 1. The molecule has 1 fully saturated rings. The lowest BCUT2D eigenvalue weighted by Gasteiger charge is -2.20. The van der Waals surface area contributed by atoms with Gasteiger partial charge in [0.25, 0.3) is 5.91 Å². The summed E-state index contributed by atoms with van der Waals surface area (Å²) in [5.74, 6) is 0.203. The molecule has 0 aliphatic carbocycles. The highest BCUT2D eigenvalue weighted by molar-refractivity contribution is 7.18. The van der Waals surface area contributed by atoms with Gasteiger partial charge in [-0.05, 0) is 26.7 Å². The monoisotopic (exact) mass is 298 g/mol. The Morgan fingerprint density at radius 1 is 1.65 bits per heavy atom. The van der Waals surface area contributed by atoms with E-state index in [0.29, 0.717) is 22.4 Å². The summed E-state index contributed by atoms with van der Waals surface area (Å²) >= 11 is 1.30. The average molecular weight is 298 g/mol. The maximum absolute atomic E-state index is 12.4. The van der Waals surface area contributed by atoms with Gasteiger partial charge >= 0.3 is 0 Å². The predicted octanol–water partition coefficient (Wildman–Crippen LogP) is 1.80. The van der Waals surface area contributed by atoms with Gasteiger partial charge in [0.2, 0.25) is 0 Å². The summed E-state index contributed by atoms with van der Waals surface area (Å²) in [5.41, 5.74) is 5.84. The molecule has 0 spiro atoms. The smallest absolute Gasteiger partial charge is 0.267 e. The van der Waals surface area contributed by atoms with Gasteiger partial charge in [0.05, 0.1) is 6.10 Å². The molecule has 1 aromatic rings. The summed E-state index contributed by atoms with van der Waals surface area (Å²) in [6.07, 6.45) is 2.22. The molecule has 1 aliphatic rings. The van der Waals surface area contributed by atoms with Gasteiger partial charge in [0.1, 0.15) is 10.7 Å². The molecule has 7 heteroatoms. The molecule has 2 heterocycles.